The first-order chi connectivity index (χ1) is 8.03. The van der Waals surface area contributed by atoms with E-state index in [1.54, 1.807) is 0 Å². The van der Waals surface area contributed by atoms with E-state index in [1.165, 1.54) is 5.56 Å². The van der Waals surface area contributed by atoms with Crippen molar-refractivity contribution in [3.63, 3.8) is 0 Å². The maximum atomic E-state index is 5.70. The standard InChI is InChI=1S/C15H25NO/c1-5-14(13-9-7-6-8-10-13)16-11-12-17-15(2,3)4/h6-10,14,16H,5,11-12H2,1-4H3. The zero-order valence-electron chi connectivity index (χ0n) is 11.5. The molecule has 17 heavy (non-hydrogen) atoms. The average molecular weight is 235 g/mol. The van der Waals surface area contributed by atoms with Crippen molar-refractivity contribution < 1.29 is 4.74 Å². The van der Waals surface area contributed by atoms with Gasteiger partial charge in [-0.25, -0.2) is 0 Å². The number of benzene rings is 1. The molecule has 1 aromatic carbocycles. The van der Waals surface area contributed by atoms with Gasteiger partial charge in [-0.15, -0.1) is 0 Å². The van der Waals surface area contributed by atoms with E-state index in [9.17, 15) is 0 Å². The van der Waals surface area contributed by atoms with Crippen LogP contribution in [0.1, 0.15) is 45.7 Å². The molecule has 0 aliphatic carbocycles. The summed E-state index contributed by atoms with van der Waals surface area (Å²) >= 11 is 0. The van der Waals surface area contributed by atoms with Crippen LogP contribution in [0.2, 0.25) is 0 Å². The Morgan fingerprint density at radius 3 is 2.35 bits per heavy atom. The maximum Gasteiger partial charge on any atom is 0.0599 e. The monoisotopic (exact) mass is 235 g/mol. The molecule has 0 fully saturated rings. The predicted molar refractivity (Wildman–Crippen MR) is 73.2 cm³/mol. The largest absolute Gasteiger partial charge is 0.375 e. The van der Waals surface area contributed by atoms with Gasteiger partial charge in [-0.1, -0.05) is 37.3 Å². The summed E-state index contributed by atoms with van der Waals surface area (Å²) in [4.78, 5) is 0. The molecule has 1 N–H and O–H groups in total. The van der Waals surface area contributed by atoms with Crippen LogP contribution in [0.3, 0.4) is 0 Å². The summed E-state index contributed by atoms with van der Waals surface area (Å²) in [6, 6.07) is 11.0. The molecule has 0 radical (unpaired) electrons. The van der Waals surface area contributed by atoms with Gasteiger partial charge in [0.25, 0.3) is 0 Å². The number of hydrogen-bond acceptors (Lipinski definition) is 2. The van der Waals surface area contributed by atoms with Gasteiger partial charge in [0.15, 0.2) is 0 Å². The summed E-state index contributed by atoms with van der Waals surface area (Å²) < 4.78 is 5.70. The molecular formula is C15H25NO. The zero-order chi connectivity index (χ0) is 12.7. The Kier molecular flexibility index (Phi) is 5.66. The number of hydrogen-bond donors (Lipinski definition) is 1. The van der Waals surface area contributed by atoms with E-state index in [0.717, 1.165) is 19.6 Å². The van der Waals surface area contributed by atoms with Crippen molar-refractivity contribution in [1.29, 1.82) is 0 Å². The molecule has 0 spiro atoms. The van der Waals surface area contributed by atoms with Crippen molar-refractivity contribution in [3.05, 3.63) is 35.9 Å². The fourth-order valence-electron chi connectivity index (χ4n) is 1.77. The highest BCUT2D eigenvalue weighted by molar-refractivity contribution is 5.18. The maximum absolute atomic E-state index is 5.70. The van der Waals surface area contributed by atoms with Crippen molar-refractivity contribution >= 4 is 0 Å². The highest BCUT2D eigenvalue weighted by Crippen LogP contribution is 2.15. The van der Waals surface area contributed by atoms with Crippen molar-refractivity contribution in [2.45, 2.75) is 45.8 Å². The third-order valence-electron chi connectivity index (χ3n) is 2.64. The minimum Gasteiger partial charge on any atom is -0.375 e. The summed E-state index contributed by atoms with van der Waals surface area (Å²) in [7, 11) is 0. The van der Waals surface area contributed by atoms with Crippen LogP contribution in [0.5, 0.6) is 0 Å². The van der Waals surface area contributed by atoms with Crippen LogP contribution in [-0.4, -0.2) is 18.8 Å². The molecule has 1 rings (SSSR count). The first-order valence-electron chi connectivity index (χ1n) is 6.45. The fourth-order valence-corrected chi connectivity index (χ4v) is 1.77. The number of nitrogens with one attached hydrogen (secondary N) is 1. The normalized spacial score (nSPS) is 13.6. The lowest BCUT2D eigenvalue weighted by Gasteiger charge is -2.22. The fraction of sp³-hybridized carbons (Fsp3) is 0.600. The van der Waals surface area contributed by atoms with E-state index in [2.05, 4.69) is 63.3 Å². The minimum atomic E-state index is -0.0455. The lowest BCUT2D eigenvalue weighted by molar-refractivity contribution is -0.00167. The third-order valence-corrected chi connectivity index (χ3v) is 2.64. The molecular weight excluding hydrogens is 210 g/mol. The zero-order valence-corrected chi connectivity index (χ0v) is 11.5. The molecule has 96 valence electrons. The summed E-state index contributed by atoms with van der Waals surface area (Å²) in [6.45, 7) is 10.1. The van der Waals surface area contributed by atoms with Crippen LogP contribution in [0.4, 0.5) is 0 Å². The molecule has 1 aromatic rings. The molecule has 1 unspecified atom stereocenters. The quantitative estimate of drug-likeness (QED) is 0.761. The molecule has 0 aliphatic rings. The molecule has 0 aliphatic heterocycles. The molecule has 0 aromatic heterocycles. The van der Waals surface area contributed by atoms with E-state index in [4.69, 9.17) is 4.74 Å². The van der Waals surface area contributed by atoms with Crippen LogP contribution >= 0.6 is 0 Å². The van der Waals surface area contributed by atoms with E-state index >= 15 is 0 Å². The average Bonchev–Trinajstić information content (AvgIpc) is 2.29. The van der Waals surface area contributed by atoms with Gasteiger partial charge < -0.3 is 10.1 Å². The van der Waals surface area contributed by atoms with Crippen LogP contribution < -0.4 is 5.32 Å². The molecule has 2 heteroatoms. The summed E-state index contributed by atoms with van der Waals surface area (Å²) in [5, 5.41) is 3.53. The van der Waals surface area contributed by atoms with E-state index in [-0.39, 0.29) is 5.60 Å². The van der Waals surface area contributed by atoms with Crippen LogP contribution in [0.25, 0.3) is 0 Å². The minimum absolute atomic E-state index is 0.0455. The van der Waals surface area contributed by atoms with Gasteiger partial charge in [0.05, 0.1) is 12.2 Å². The molecule has 0 bridgehead atoms. The van der Waals surface area contributed by atoms with Crippen LogP contribution in [0, 0.1) is 0 Å². The first-order valence-corrected chi connectivity index (χ1v) is 6.45. The second-order valence-corrected chi connectivity index (χ2v) is 5.29. The Balaban J connectivity index is 2.34. The highest BCUT2D eigenvalue weighted by Gasteiger charge is 2.11. The van der Waals surface area contributed by atoms with Crippen LogP contribution in [0.15, 0.2) is 30.3 Å². The lowest BCUT2D eigenvalue weighted by atomic mass is 10.1. The number of rotatable bonds is 6. The Morgan fingerprint density at radius 1 is 1.18 bits per heavy atom. The summed E-state index contributed by atoms with van der Waals surface area (Å²) in [5.41, 5.74) is 1.31. The molecule has 0 saturated heterocycles. The van der Waals surface area contributed by atoms with Gasteiger partial charge in [-0.2, -0.15) is 0 Å². The van der Waals surface area contributed by atoms with Crippen molar-refractivity contribution in [2.75, 3.05) is 13.2 Å². The summed E-state index contributed by atoms with van der Waals surface area (Å²) in [5.74, 6) is 0. The lowest BCUT2D eigenvalue weighted by Crippen LogP contribution is -2.29. The molecule has 2 nitrogen and oxygen atoms in total. The van der Waals surface area contributed by atoms with E-state index in [0.29, 0.717) is 6.04 Å². The van der Waals surface area contributed by atoms with Gasteiger partial charge in [0, 0.05) is 12.6 Å². The topological polar surface area (TPSA) is 21.3 Å². The SMILES string of the molecule is CCC(NCCOC(C)(C)C)c1ccccc1. The van der Waals surface area contributed by atoms with Crippen molar-refractivity contribution in [1.82, 2.24) is 5.32 Å². The first kappa shape index (κ1) is 14.2. The van der Waals surface area contributed by atoms with Gasteiger partial charge >= 0.3 is 0 Å². The number of ether oxygens (including phenoxy) is 1. The Labute approximate surface area is 105 Å². The molecule has 0 saturated carbocycles. The molecule has 0 amide bonds. The Morgan fingerprint density at radius 2 is 1.82 bits per heavy atom. The van der Waals surface area contributed by atoms with Gasteiger partial charge in [0.2, 0.25) is 0 Å². The van der Waals surface area contributed by atoms with E-state index < -0.39 is 0 Å². The second kappa shape index (κ2) is 6.77. The van der Waals surface area contributed by atoms with Gasteiger partial charge in [-0.3, -0.25) is 0 Å². The van der Waals surface area contributed by atoms with Crippen molar-refractivity contribution in [3.8, 4) is 0 Å². The summed E-state index contributed by atoms with van der Waals surface area (Å²) in [6.07, 6.45) is 1.10. The third kappa shape index (κ3) is 5.85. The Hall–Kier alpha value is -0.860. The molecule has 1 atom stereocenters. The smallest absolute Gasteiger partial charge is 0.0599 e. The Bertz CT molecular complexity index is 302. The highest BCUT2D eigenvalue weighted by atomic mass is 16.5. The van der Waals surface area contributed by atoms with E-state index in [1.807, 2.05) is 0 Å². The van der Waals surface area contributed by atoms with Gasteiger partial charge in [0.1, 0.15) is 0 Å². The molecule has 0 heterocycles. The predicted octanol–water partition coefficient (Wildman–Crippen LogP) is 3.54. The van der Waals surface area contributed by atoms with Gasteiger partial charge in [-0.05, 0) is 32.8 Å². The second-order valence-electron chi connectivity index (χ2n) is 5.29. The van der Waals surface area contributed by atoms with Crippen LogP contribution in [-0.2, 0) is 4.74 Å². The van der Waals surface area contributed by atoms with Crippen molar-refractivity contribution in [2.24, 2.45) is 0 Å².